The molecule has 4 rings (SSSR count). The largest absolute Gasteiger partial charge is 2.00 e. The Morgan fingerprint density at radius 1 is 0.368 bits per heavy atom. The van der Waals surface area contributed by atoms with Gasteiger partial charge >= 0.3 is 37.7 Å². The predicted octanol–water partition coefficient (Wildman–Crippen LogP) is 13.2. The molecular formula is C48H70CaO6S2. The number of rotatable bonds is 26. The van der Waals surface area contributed by atoms with Gasteiger partial charge in [-0.2, -0.15) is 0 Å². The first kappa shape index (κ1) is 51.6. The molecule has 0 unspecified atom stereocenters. The SMILES string of the molecule is CCCCCCCc1ccc2c(S(=O)(=O)[O-])ccc(CCCCCCC)c2c1.CCCCCCCc1ccc2c(S(=O)(=O)[O-])ccc(CCCCCCC)c2c1.[Ca+2]. The number of hydrogen-bond acceptors (Lipinski definition) is 6. The quantitative estimate of drug-likeness (QED) is 0.0353. The van der Waals surface area contributed by atoms with Crippen LogP contribution in [0, 0.1) is 0 Å². The van der Waals surface area contributed by atoms with Gasteiger partial charge in [-0.3, -0.25) is 0 Å². The zero-order valence-electron chi connectivity index (χ0n) is 35.7. The molecule has 0 heterocycles. The summed E-state index contributed by atoms with van der Waals surface area (Å²) in [5.41, 5.74) is 4.78. The molecule has 0 bridgehead atoms. The molecule has 0 amide bonds. The van der Waals surface area contributed by atoms with Gasteiger partial charge in [0.1, 0.15) is 20.2 Å². The van der Waals surface area contributed by atoms with Crippen molar-refractivity contribution in [1.29, 1.82) is 0 Å². The third kappa shape index (κ3) is 18.3. The molecular weight excluding hydrogens is 777 g/mol. The zero-order chi connectivity index (χ0) is 40.8. The Morgan fingerprint density at radius 2 is 0.667 bits per heavy atom. The van der Waals surface area contributed by atoms with Gasteiger partial charge in [0.15, 0.2) is 0 Å². The topological polar surface area (TPSA) is 114 Å². The summed E-state index contributed by atoms with van der Waals surface area (Å²) in [5, 5.41) is 3.04. The Labute approximate surface area is 376 Å². The van der Waals surface area contributed by atoms with E-state index in [-0.39, 0.29) is 47.5 Å². The Bertz CT molecular complexity index is 1830. The van der Waals surface area contributed by atoms with E-state index >= 15 is 0 Å². The average molecular weight is 847 g/mol. The van der Waals surface area contributed by atoms with Crippen LogP contribution in [0.25, 0.3) is 21.5 Å². The number of benzene rings is 4. The maximum Gasteiger partial charge on any atom is 2.00 e. The van der Waals surface area contributed by atoms with Gasteiger partial charge in [-0.1, -0.05) is 179 Å². The first-order chi connectivity index (χ1) is 26.9. The van der Waals surface area contributed by atoms with E-state index in [1.54, 1.807) is 0 Å². The molecule has 0 radical (unpaired) electrons. The molecule has 4 aromatic carbocycles. The maximum absolute atomic E-state index is 11.7. The van der Waals surface area contributed by atoms with E-state index in [4.69, 9.17) is 0 Å². The summed E-state index contributed by atoms with van der Waals surface area (Å²) in [6.07, 6.45) is 28.2. The van der Waals surface area contributed by atoms with E-state index in [1.165, 1.54) is 126 Å². The Kier molecular flexibility index (Phi) is 25.4. The van der Waals surface area contributed by atoms with Crippen LogP contribution in [0.3, 0.4) is 0 Å². The first-order valence-corrected chi connectivity index (χ1v) is 24.8. The standard InChI is InChI=1S/2C24H36O3S.Ca/c2*1-3-5-7-9-11-13-20-15-17-22-23(19-20)21(14-12-10-8-6-4-2)16-18-24(22)28(25,26)27;/h2*15-19H,3-14H2,1-2H3,(H,25,26,27);/q;;+2/p-2. The Balaban J connectivity index is 0.000000387. The van der Waals surface area contributed by atoms with E-state index in [9.17, 15) is 25.9 Å². The van der Waals surface area contributed by atoms with Crippen molar-refractivity contribution in [2.45, 2.75) is 192 Å². The third-order valence-corrected chi connectivity index (χ3v) is 12.8. The molecule has 0 saturated carbocycles. The van der Waals surface area contributed by atoms with E-state index in [0.717, 1.165) is 73.3 Å². The van der Waals surface area contributed by atoms with Crippen molar-refractivity contribution in [3.8, 4) is 0 Å². The van der Waals surface area contributed by atoms with Crippen LogP contribution in [0.1, 0.15) is 178 Å². The van der Waals surface area contributed by atoms with Crippen LogP contribution in [0.15, 0.2) is 70.5 Å². The molecule has 0 N–H and O–H groups in total. The normalized spacial score (nSPS) is 11.8. The van der Waals surface area contributed by atoms with Crippen LogP contribution in [0.2, 0.25) is 0 Å². The van der Waals surface area contributed by atoms with Crippen LogP contribution < -0.4 is 0 Å². The number of aryl methyl sites for hydroxylation is 4. The van der Waals surface area contributed by atoms with E-state index in [1.807, 2.05) is 36.4 Å². The molecule has 0 saturated heterocycles. The first-order valence-electron chi connectivity index (χ1n) is 21.9. The molecule has 0 atom stereocenters. The maximum atomic E-state index is 11.7. The second kappa shape index (κ2) is 28.1. The molecule has 0 aliphatic carbocycles. The molecule has 0 spiro atoms. The van der Waals surface area contributed by atoms with Gasteiger partial charge in [-0.05, 0) is 107 Å². The molecule has 0 aliphatic heterocycles. The van der Waals surface area contributed by atoms with Crippen molar-refractivity contribution < 1.29 is 25.9 Å². The molecule has 9 heteroatoms. The van der Waals surface area contributed by atoms with Gasteiger partial charge in [0.2, 0.25) is 0 Å². The number of fused-ring (bicyclic) bond motifs is 2. The fourth-order valence-electron chi connectivity index (χ4n) is 7.74. The summed E-state index contributed by atoms with van der Waals surface area (Å²) in [7, 11) is -8.94. The second-order valence-electron chi connectivity index (χ2n) is 15.8. The van der Waals surface area contributed by atoms with Crippen molar-refractivity contribution in [3.63, 3.8) is 0 Å². The van der Waals surface area contributed by atoms with Crippen molar-refractivity contribution >= 4 is 79.5 Å². The van der Waals surface area contributed by atoms with Gasteiger partial charge in [-0.25, -0.2) is 16.8 Å². The van der Waals surface area contributed by atoms with Crippen LogP contribution in [-0.2, 0) is 45.9 Å². The van der Waals surface area contributed by atoms with Gasteiger partial charge in [0.05, 0.1) is 9.79 Å². The summed E-state index contributed by atoms with van der Waals surface area (Å²) in [4.78, 5) is -0.182. The summed E-state index contributed by atoms with van der Waals surface area (Å²) in [5.74, 6) is 0. The van der Waals surface area contributed by atoms with E-state index < -0.39 is 20.2 Å². The number of hydrogen-bond donors (Lipinski definition) is 0. The van der Waals surface area contributed by atoms with Crippen LogP contribution in [0.5, 0.6) is 0 Å². The van der Waals surface area contributed by atoms with E-state index in [2.05, 4.69) is 39.8 Å². The minimum Gasteiger partial charge on any atom is -0.744 e. The van der Waals surface area contributed by atoms with E-state index in [0.29, 0.717) is 10.8 Å². The molecule has 4 aromatic rings. The Morgan fingerprint density at radius 3 is 0.965 bits per heavy atom. The summed E-state index contributed by atoms with van der Waals surface area (Å²) >= 11 is 0. The average Bonchev–Trinajstić information content (AvgIpc) is 3.17. The van der Waals surface area contributed by atoms with Gasteiger partial charge in [0.25, 0.3) is 0 Å². The van der Waals surface area contributed by atoms with Crippen LogP contribution in [0.4, 0.5) is 0 Å². The van der Waals surface area contributed by atoms with Gasteiger partial charge in [-0.15, -0.1) is 0 Å². The van der Waals surface area contributed by atoms with Crippen molar-refractivity contribution in [3.05, 3.63) is 82.9 Å². The third-order valence-electron chi connectivity index (χ3n) is 11.0. The van der Waals surface area contributed by atoms with Crippen LogP contribution >= 0.6 is 0 Å². The minimum absolute atomic E-state index is 0. The smallest absolute Gasteiger partial charge is 0.744 e. The summed E-state index contributed by atoms with van der Waals surface area (Å²) < 4.78 is 70.2. The van der Waals surface area contributed by atoms with Crippen molar-refractivity contribution in [1.82, 2.24) is 0 Å². The minimum atomic E-state index is -4.47. The molecule has 0 fully saturated rings. The molecule has 0 aromatic heterocycles. The Hall–Kier alpha value is -1.52. The summed E-state index contributed by atoms with van der Waals surface area (Å²) in [6, 6.07) is 18.6. The van der Waals surface area contributed by atoms with Crippen molar-refractivity contribution in [2.75, 3.05) is 0 Å². The second-order valence-corrected chi connectivity index (χ2v) is 18.5. The monoisotopic (exact) mass is 846 g/mol. The number of unbranched alkanes of at least 4 members (excludes halogenated alkanes) is 16. The zero-order valence-corrected chi connectivity index (χ0v) is 39.6. The fourth-order valence-corrected chi connectivity index (χ4v) is 9.11. The van der Waals surface area contributed by atoms with Gasteiger partial charge in [0, 0.05) is 0 Å². The molecule has 6 nitrogen and oxygen atoms in total. The molecule has 0 aliphatic rings. The van der Waals surface area contributed by atoms with Crippen molar-refractivity contribution in [2.24, 2.45) is 0 Å². The molecule has 312 valence electrons. The van der Waals surface area contributed by atoms with Gasteiger partial charge < -0.3 is 9.11 Å². The predicted molar refractivity (Wildman–Crippen MR) is 239 cm³/mol. The molecule has 57 heavy (non-hydrogen) atoms. The summed E-state index contributed by atoms with van der Waals surface area (Å²) in [6.45, 7) is 8.85. The van der Waals surface area contributed by atoms with Crippen LogP contribution in [-0.4, -0.2) is 63.7 Å². The fraction of sp³-hybridized carbons (Fsp3) is 0.583.